The maximum Gasteiger partial charge on any atom is 0.194 e. The van der Waals surface area contributed by atoms with Crippen molar-refractivity contribution in [1.29, 1.82) is 0 Å². The number of guanidine groups is 1. The lowest BCUT2D eigenvalue weighted by Gasteiger charge is -2.34. The average Bonchev–Trinajstić information content (AvgIpc) is 3.38. The van der Waals surface area contributed by atoms with E-state index in [0.717, 1.165) is 74.6 Å². The first-order chi connectivity index (χ1) is 14.6. The number of piperidine rings is 1. The number of rotatable bonds is 6. The molecule has 2 fully saturated rings. The number of furan rings is 1. The highest BCUT2D eigenvalue weighted by molar-refractivity contribution is 5.82. The van der Waals surface area contributed by atoms with Gasteiger partial charge in [0, 0.05) is 37.2 Å². The predicted octanol–water partition coefficient (Wildman–Crippen LogP) is 4.01. The van der Waals surface area contributed by atoms with Crippen LogP contribution in [0.25, 0.3) is 11.0 Å². The van der Waals surface area contributed by atoms with Gasteiger partial charge >= 0.3 is 0 Å². The van der Waals surface area contributed by atoms with E-state index in [1.165, 1.54) is 12.1 Å². The third-order valence-corrected chi connectivity index (χ3v) is 5.99. The first-order valence-corrected chi connectivity index (χ1v) is 11.1. The molecule has 0 aliphatic carbocycles. The van der Waals surface area contributed by atoms with Crippen LogP contribution in [-0.2, 0) is 16.0 Å². The summed E-state index contributed by atoms with van der Waals surface area (Å²) in [5, 5.41) is 4.20. The number of fused-ring (bicyclic) bond motifs is 1. The minimum absolute atomic E-state index is 0.251. The normalized spacial score (nSPS) is 21.0. The monoisotopic (exact) mass is 417 g/mol. The maximum absolute atomic E-state index is 13.6. The summed E-state index contributed by atoms with van der Waals surface area (Å²) in [5.74, 6) is 1.42. The summed E-state index contributed by atoms with van der Waals surface area (Å²) in [7, 11) is 0. The molecule has 164 valence electrons. The molecule has 0 bridgehead atoms. The zero-order valence-electron chi connectivity index (χ0n) is 18.0. The Morgan fingerprint density at radius 2 is 2.13 bits per heavy atom. The van der Waals surface area contributed by atoms with E-state index < -0.39 is 0 Å². The Morgan fingerprint density at radius 3 is 2.87 bits per heavy atom. The molecular weight excluding hydrogens is 385 g/mol. The molecule has 0 amide bonds. The smallest absolute Gasteiger partial charge is 0.194 e. The van der Waals surface area contributed by atoms with Gasteiger partial charge in [0.1, 0.15) is 23.7 Å². The fourth-order valence-electron chi connectivity index (χ4n) is 4.22. The van der Waals surface area contributed by atoms with E-state index in [1.54, 1.807) is 6.07 Å². The van der Waals surface area contributed by atoms with E-state index in [0.29, 0.717) is 24.8 Å². The summed E-state index contributed by atoms with van der Waals surface area (Å²) < 4.78 is 31.2. The molecule has 3 heterocycles. The number of aliphatic imine (C=N–C) groups is 1. The van der Waals surface area contributed by atoms with Gasteiger partial charge < -0.3 is 24.1 Å². The number of hydrogen-bond acceptors (Lipinski definition) is 4. The standard InChI is InChI=1S/C23H32FN3O3/c1-3-25-23(26-14-22-16(2)20-13-17(24)6-7-21(20)30-22)27-10-8-18(9-11-27)29-15-19-5-4-12-28-19/h6-7,13,18-19H,3-5,8-12,14-15H2,1-2H3,(H,25,26). The quantitative estimate of drug-likeness (QED) is 0.569. The molecule has 1 unspecified atom stereocenters. The van der Waals surface area contributed by atoms with Crippen molar-refractivity contribution in [1.82, 2.24) is 10.2 Å². The van der Waals surface area contributed by atoms with Crippen LogP contribution in [0.4, 0.5) is 4.39 Å². The van der Waals surface area contributed by atoms with Gasteiger partial charge in [0.2, 0.25) is 0 Å². The van der Waals surface area contributed by atoms with E-state index >= 15 is 0 Å². The molecule has 1 N–H and O–H groups in total. The van der Waals surface area contributed by atoms with Crippen LogP contribution < -0.4 is 5.32 Å². The van der Waals surface area contributed by atoms with Crippen molar-refractivity contribution in [2.24, 2.45) is 4.99 Å². The second-order valence-electron chi connectivity index (χ2n) is 8.12. The number of benzene rings is 1. The van der Waals surface area contributed by atoms with Gasteiger partial charge in [-0.1, -0.05) is 0 Å². The Labute approximate surface area is 177 Å². The Kier molecular flexibility index (Phi) is 6.89. The molecule has 2 aliphatic rings. The molecule has 2 aromatic rings. The van der Waals surface area contributed by atoms with Crippen LogP contribution in [-0.4, -0.2) is 55.9 Å². The van der Waals surface area contributed by atoms with Crippen molar-refractivity contribution in [3.8, 4) is 0 Å². The minimum Gasteiger partial charge on any atom is -0.459 e. The number of ether oxygens (including phenoxy) is 2. The lowest BCUT2D eigenvalue weighted by atomic mass is 10.1. The van der Waals surface area contributed by atoms with Crippen molar-refractivity contribution in [2.45, 2.75) is 58.3 Å². The summed E-state index contributed by atoms with van der Waals surface area (Å²) in [5.41, 5.74) is 1.65. The largest absolute Gasteiger partial charge is 0.459 e. The van der Waals surface area contributed by atoms with Crippen LogP contribution in [0.15, 0.2) is 27.6 Å². The fraction of sp³-hybridized carbons (Fsp3) is 0.609. The van der Waals surface area contributed by atoms with Crippen LogP contribution in [0.3, 0.4) is 0 Å². The van der Waals surface area contributed by atoms with E-state index in [9.17, 15) is 4.39 Å². The second kappa shape index (κ2) is 9.79. The molecule has 0 radical (unpaired) electrons. The minimum atomic E-state index is -0.251. The SMILES string of the molecule is CCNC(=NCc1oc2ccc(F)cc2c1C)N1CCC(OCC2CCCO2)CC1. The van der Waals surface area contributed by atoms with Crippen LogP contribution in [0.5, 0.6) is 0 Å². The van der Waals surface area contributed by atoms with Gasteiger partial charge in [0.15, 0.2) is 5.96 Å². The summed E-state index contributed by atoms with van der Waals surface area (Å²) in [6.07, 6.45) is 4.81. The van der Waals surface area contributed by atoms with Gasteiger partial charge in [0.05, 0.1) is 18.8 Å². The number of likely N-dealkylation sites (tertiary alicyclic amines) is 1. The van der Waals surface area contributed by atoms with Crippen molar-refractivity contribution in [3.05, 3.63) is 35.3 Å². The zero-order valence-corrected chi connectivity index (χ0v) is 18.0. The molecule has 0 saturated carbocycles. The van der Waals surface area contributed by atoms with Gasteiger partial charge in [-0.15, -0.1) is 0 Å². The topological polar surface area (TPSA) is 59.2 Å². The van der Waals surface area contributed by atoms with Crippen molar-refractivity contribution in [2.75, 3.05) is 32.8 Å². The van der Waals surface area contributed by atoms with Crippen molar-refractivity contribution < 1.29 is 18.3 Å². The molecule has 1 atom stereocenters. The van der Waals surface area contributed by atoms with E-state index in [1.807, 2.05) is 6.92 Å². The highest BCUT2D eigenvalue weighted by Gasteiger charge is 2.24. The molecule has 7 heteroatoms. The lowest BCUT2D eigenvalue weighted by Crippen LogP contribution is -2.47. The number of hydrogen-bond donors (Lipinski definition) is 1. The van der Waals surface area contributed by atoms with E-state index in [4.69, 9.17) is 18.9 Å². The Balaban J connectivity index is 1.35. The number of aryl methyl sites for hydroxylation is 1. The Morgan fingerprint density at radius 1 is 1.30 bits per heavy atom. The average molecular weight is 418 g/mol. The molecule has 1 aromatic carbocycles. The van der Waals surface area contributed by atoms with E-state index in [-0.39, 0.29) is 11.9 Å². The third-order valence-electron chi connectivity index (χ3n) is 5.99. The summed E-state index contributed by atoms with van der Waals surface area (Å²) in [6.45, 7) is 8.67. The molecule has 6 nitrogen and oxygen atoms in total. The zero-order chi connectivity index (χ0) is 20.9. The number of nitrogens with one attached hydrogen (secondary N) is 1. The van der Waals surface area contributed by atoms with Crippen LogP contribution in [0, 0.1) is 12.7 Å². The summed E-state index contributed by atoms with van der Waals surface area (Å²) in [6, 6.07) is 4.62. The Hall–Kier alpha value is -2.12. The van der Waals surface area contributed by atoms with Crippen molar-refractivity contribution in [3.63, 3.8) is 0 Å². The third kappa shape index (κ3) is 4.95. The molecule has 2 saturated heterocycles. The molecule has 1 aromatic heterocycles. The van der Waals surface area contributed by atoms with Gasteiger partial charge in [-0.3, -0.25) is 0 Å². The lowest BCUT2D eigenvalue weighted by molar-refractivity contribution is -0.0367. The Bertz CT molecular complexity index is 868. The highest BCUT2D eigenvalue weighted by atomic mass is 19.1. The van der Waals surface area contributed by atoms with Gasteiger partial charge in [-0.05, 0) is 57.7 Å². The van der Waals surface area contributed by atoms with E-state index in [2.05, 4.69) is 17.1 Å². The molecule has 4 rings (SSSR count). The molecule has 2 aliphatic heterocycles. The maximum atomic E-state index is 13.6. The molecule has 30 heavy (non-hydrogen) atoms. The number of nitrogens with zero attached hydrogens (tertiary/aromatic N) is 2. The van der Waals surface area contributed by atoms with Gasteiger partial charge in [-0.2, -0.15) is 0 Å². The van der Waals surface area contributed by atoms with Gasteiger partial charge in [0.25, 0.3) is 0 Å². The van der Waals surface area contributed by atoms with Crippen LogP contribution >= 0.6 is 0 Å². The van der Waals surface area contributed by atoms with Crippen molar-refractivity contribution >= 4 is 16.9 Å². The van der Waals surface area contributed by atoms with Crippen LogP contribution in [0.1, 0.15) is 43.9 Å². The number of halogens is 1. The van der Waals surface area contributed by atoms with Gasteiger partial charge in [-0.25, -0.2) is 9.38 Å². The first kappa shape index (κ1) is 21.1. The molecular formula is C23H32FN3O3. The predicted molar refractivity (Wildman–Crippen MR) is 115 cm³/mol. The first-order valence-electron chi connectivity index (χ1n) is 11.1. The second-order valence-corrected chi connectivity index (χ2v) is 8.12. The van der Waals surface area contributed by atoms with Crippen LogP contribution in [0.2, 0.25) is 0 Å². The summed E-state index contributed by atoms with van der Waals surface area (Å²) >= 11 is 0. The highest BCUT2D eigenvalue weighted by Crippen LogP contribution is 2.26. The fourth-order valence-corrected chi connectivity index (χ4v) is 4.22. The summed E-state index contributed by atoms with van der Waals surface area (Å²) in [4.78, 5) is 7.09. The molecule has 0 spiro atoms.